The zero-order chi connectivity index (χ0) is 21.3. The van der Waals surface area contributed by atoms with Gasteiger partial charge in [-0.25, -0.2) is 14.6 Å². The molecular weight excluding hydrogens is 372 g/mol. The number of aromatic nitrogens is 1. The molecule has 1 aromatic heterocycles. The Morgan fingerprint density at radius 2 is 1.86 bits per heavy atom. The number of oxazole rings is 1. The normalized spacial score (nSPS) is 13.7. The van der Waals surface area contributed by atoms with Gasteiger partial charge < -0.3 is 19.4 Å². The standard InChI is InChI=1S/C22H22N2O5/c1-12-10-15(23-5)11-16-19(12)28-20(24-16)14-8-6-13(7-9-14)17(25)18(26)21(27)29-22(2,3)4/h6-11,17-18,25-26H,1-4H3. The third-order valence-corrected chi connectivity index (χ3v) is 4.24. The molecular formula is C22H22N2O5. The minimum atomic E-state index is -1.70. The van der Waals surface area contributed by atoms with Gasteiger partial charge in [-0.05, 0) is 63.1 Å². The monoisotopic (exact) mass is 394 g/mol. The highest BCUT2D eigenvalue weighted by Gasteiger charge is 2.30. The van der Waals surface area contributed by atoms with Crippen LogP contribution in [0.2, 0.25) is 0 Å². The first-order valence-corrected chi connectivity index (χ1v) is 9.07. The summed E-state index contributed by atoms with van der Waals surface area (Å²) in [5.41, 5.74) is 2.76. The minimum absolute atomic E-state index is 0.356. The second-order valence-corrected chi connectivity index (χ2v) is 7.79. The molecule has 7 heteroatoms. The number of carbonyl (C=O) groups is 1. The van der Waals surface area contributed by atoms with Crippen molar-refractivity contribution in [3.8, 4) is 11.5 Å². The summed E-state index contributed by atoms with van der Waals surface area (Å²) in [5.74, 6) is -0.516. The van der Waals surface area contributed by atoms with Crippen molar-refractivity contribution in [2.75, 3.05) is 0 Å². The van der Waals surface area contributed by atoms with Crippen LogP contribution in [0.4, 0.5) is 5.69 Å². The Balaban J connectivity index is 1.83. The number of carbonyl (C=O) groups excluding carboxylic acids is 1. The fraction of sp³-hybridized carbons (Fsp3) is 0.318. The molecule has 2 N–H and O–H groups in total. The van der Waals surface area contributed by atoms with Gasteiger partial charge in [0.25, 0.3) is 0 Å². The largest absolute Gasteiger partial charge is 0.458 e. The van der Waals surface area contributed by atoms with Crippen molar-refractivity contribution >= 4 is 22.8 Å². The maximum Gasteiger partial charge on any atom is 0.338 e. The number of rotatable bonds is 4. The summed E-state index contributed by atoms with van der Waals surface area (Å²) in [7, 11) is 0. The van der Waals surface area contributed by atoms with Gasteiger partial charge in [-0.15, -0.1) is 0 Å². The maximum absolute atomic E-state index is 12.0. The van der Waals surface area contributed by atoms with Crippen LogP contribution in [-0.2, 0) is 9.53 Å². The second kappa shape index (κ2) is 7.66. The molecule has 7 nitrogen and oxygen atoms in total. The highest BCUT2D eigenvalue weighted by Crippen LogP contribution is 2.31. The van der Waals surface area contributed by atoms with Gasteiger partial charge in [0.15, 0.2) is 17.4 Å². The summed E-state index contributed by atoms with van der Waals surface area (Å²) >= 11 is 0. The summed E-state index contributed by atoms with van der Waals surface area (Å²) in [4.78, 5) is 19.8. The van der Waals surface area contributed by atoms with E-state index in [9.17, 15) is 15.0 Å². The fourth-order valence-corrected chi connectivity index (χ4v) is 2.87. The molecule has 0 aliphatic heterocycles. The van der Waals surface area contributed by atoms with E-state index in [4.69, 9.17) is 15.7 Å². The summed E-state index contributed by atoms with van der Waals surface area (Å²) in [6.45, 7) is 14.1. The van der Waals surface area contributed by atoms with Crippen molar-refractivity contribution in [1.29, 1.82) is 0 Å². The summed E-state index contributed by atoms with van der Waals surface area (Å²) in [5, 5.41) is 20.4. The van der Waals surface area contributed by atoms with E-state index in [-0.39, 0.29) is 0 Å². The molecule has 3 aromatic rings. The van der Waals surface area contributed by atoms with E-state index in [0.717, 1.165) is 5.56 Å². The Hall–Kier alpha value is -3.21. The highest BCUT2D eigenvalue weighted by molar-refractivity contribution is 5.83. The molecule has 0 spiro atoms. The number of aryl methyl sites for hydroxylation is 1. The van der Waals surface area contributed by atoms with Gasteiger partial charge in [0, 0.05) is 5.56 Å². The van der Waals surface area contributed by atoms with Gasteiger partial charge in [-0.1, -0.05) is 12.1 Å². The zero-order valence-corrected chi connectivity index (χ0v) is 16.6. The lowest BCUT2D eigenvalue weighted by atomic mass is 10.0. The van der Waals surface area contributed by atoms with Gasteiger partial charge in [0.1, 0.15) is 11.7 Å². The minimum Gasteiger partial charge on any atom is -0.458 e. The molecule has 0 saturated carbocycles. The molecule has 0 fully saturated rings. The lowest BCUT2D eigenvalue weighted by Crippen LogP contribution is -2.35. The summed E-state index contributed by atoms with van der Waals surface area (Å²) in [6.07, 6.45) is -3.12. The van der Waals surface area contributed by atoms with Gasteiger partial charge in [0.05, 0.1) is 12.1 Å². The number of hydrogen-bond acceptors (Lipinski definition) is 6. The van der Waals surface area contributed by atoms with E-state index in [1.807, 2.05) is 6.92 Å². The Morgan fingerprint density at radius 3 is 2.45 bits per heavy atom. The molecule has 0 saturated heterocycles. The quantitative estimate of drug-likeness (QED) is 0.511. The third kappa shape index (κ3) is 4.45. The van der Waals surface area contributed by atoms with Crippen LogP contribution in [0, 0.1) is 13.5 Å². The van der Waals surface area contributed by atoms with E-state index in [2.05, 4.69) is 9.83 Å². The number of esters is 1. The molecule has 0 radical (unpaired) electrons. The van der Waals surface area contributed by atoms with Gasteiger partial charge in [-0.2, -0.15) is 0 Å². The van der Waals surface area contributed by atoms with Crippen molar-refractivity contribution in [2.45, 2.75) is 45.5 Å². The predicted molar refractivity (Wildman–Crippen MR) is 107 cm³/mol. The molecule has 150 valence electrons. The van der Waals surface area contributed by atoms with Crippen molar-refractivity contribution in [3.63, 3.8) is 0 Å². The smallest absolute Gasteiger partial charge is 0.338 e. The molecule has 0 amide bonds. The average molecular weight is 394 g/mol. The SMILES string of the molecule is [C-]#[N+]c1cc(C)c2oc(-c3ccc(C(O)C(O)C(=O)OC(C)(C)C)cc3)nc2c1. The molecule has 1 heterocycles. The molecule has 2 atom stereocenters. The summed E-state index contributed by atoms with van der Waals surface area (Å²) < 4.78 is 10.9. The van der Waals surface area contributed by atoms with Gasteiger partial charge >= 0.3 is 5.97 Å². The number of aliphatic hydroxyl groups is 2. The molecule has 0 aliphatic rings. The van der Waals surface area contributed by atoms with Crippen LogP contribution < -0.4 is 0 Å². The van der Waals surface area contributed by atoms with Crippen molar-refractivity contribution < 1.29 is 24.2 Å². The summed E-state index contributed by atoms with van der Waals surface area (Å²) in [6, 6.07) is 9.92. The van der Waals surface area contributed by atoms with Crippen LogP contribution in [0.25, 0.3) is 27.4 Å². The Kier molecular flexibility index (Phi) is 5.42. The van der Waals surface area contributed by atoms with Crippen LogP contribution in [0.15, 0.2) is 40.8 Å². The van der Waals surface area contributed by atoms with E-state index < -0.39 is 23.8 Å². The van der Waals surface area contributed by atoms with Crippen molar-refractivity contribution in [2.24, 2.45) is 0 Å². The number of fused-ring (bicyclic) bond motifs is 1. The molecule has 3 rings (SSSR count). The Labute approximate surface area is 168 Å². The first-order chi connectivity index (χ1) is 13.6. The number of benzene rings is 2. The van der Waals surface area contributed by atoms with E-state index in [0.29, 0.717) is 33.8 Å². The average Bonchev–Trinajstić information content (AvgIpc) is 3.10. The van der Waals surface area contributed by atoms with Crippen LogP contribution in [0.3, 0.4) is 0 Å². The number of hydrogen-bond donors (Lipinski definition) is 2. The number of ether oxygens (including phenoxy) is 1. The topological polar surface area (TPSA) is 97.2 Å². The lowest BCUT2D eigenvalue weighted by Gasteiger charge is -2.24. The van der Waals surface area contributed by atoms with Crippen LogP contribution >= 0.6 is 0 Å². The molecule has 2 unspecified atom stereocenters. The van der Waals surface area contributed by atoms with Gasteiger partial charge in [0.2, 0.25) is 5.89 Å². The third-order valence-electron chi connectivity index (χ3n) is 4.24. The highest BCUT2D eigenvalue weighted by atomic mass is 16.6. The van der Waals surface area contributed by atoms with Crippen LogP contribution in [-0.4, -0.2) is 32.9 Å². The zero-order valence-electron chi connectivity index (χ0n) is 16.6. The van der Waals surface area contributed by atoms with Crippen molar-refractivity contribution in [3.05, 3.63) is 58.9 Å². The maximum atomic E-state index is 12.0. The molecule has 2 aromatic carbocycles. The van der Waals surface area contributed by atoms with E-state index in [1.54, 1.807) is 57.2 Å². The van der Waals surface area contributed by atoms with E-state index >= 15 is 0 Å². The first-order valence-electron chi connectivity index (χ1n) is 9.07. The van der Waals surface area contributed by atoms with Crippen molar-refractivity contribution in [1.82, 2.24) is 4.98 Å². The fourth-order valence-electron chi connectivity index (χ4n) is 2.87. The van der Waals surface area contributed by atoms with Gasteiger partial charge in [-0.3, -0.25) is 0 Å². The Bertz CT molecular complexity index is 1090. The molecule has 0 aliphatic carbocycles. The molecule has 0 bridgehead atoms. The lowest BCUT2D eigenvalue weighted by molar-refractivity contribution is -0.171. The Morgan fingerprint density at radius 1 is 1.21 bits per heavy atom. The van der Waals surface area contributed by atoms with Crippen LogP contribution in [0.1, 0.15) is 38.0 Å². The van der Waals surface area contributed by atoms with Crippen LogP contribution in [0.5, 0.6) is 0 Å². The number of aliphatic hydroxyl groups excluding tert-OH is 2. The molecule has 29 heavy (non-hydrogen) atoms. The number of nitrogens with zero attached hydrogens (tertiary/aromatic N) is 2. The van der Waals surface area contributed by atoms with E-state index in [1.165, 1.54) is 0 Å². The second-order valence-electron chi connectivity index (χ2n) is 7.79. The predicted octanol–water partition coefficient (Wildman–Crippen LogP) is 4.09. The first kappa shape index (κ1) is 20.5.